The van der Waals surface area contributed by atoms with Crippen molar-refractivity contribution >= 4 is 6.09 Å². The summed E-state index contributed by atoms with van der Waals surface area (Å²) in [6, 6.07) is 4.19. The molecule has 0 spiro atoms. The van der Waals surface area contributed by atoms with Gasteiger partial charge in [0.25, 0.3) is 0 Å². The van der Waals surface area contributed by atoms with E-state index in [2.05, 4.69) is 23.6 Å². The molecule has 2 N–H and O–H groups in total. The van der Waals surface area contributed by atoms with Gasteiger partial charge in [-0.15, -0.1) is 0 Å². The Bertz CT molecular complexity index is 552. The standard InChI is InChI=1S/C17H28N4O2/c1-6-7-14(11-20-16(22)23-17(2,3)4)19-10-13-8-15(9-18)21(5)12-13/h8,12,14,19H,6-7,10-11H2,1-5H3,(H,20,22). The highest BCUT2D eigenvalue weighted by Gasteiger charge is 2.17. The van der Waals surface area contributed by atoms with Crippen molar-refractivity contribution in [3.8, 4) is 6.07 Å². The number of hydrogen-bond donors (Lipinski definition) is 2. The lowest BCUT2D eigenvalue weighted by Gasteiger charge is -2.22. The lowest BCUT2D eigenvalue weighted by atomic mass is 10.1. The van der Waals surface area contributed by atoms with Gasteiger partial charge in [0.15, 0.2) is 0 Å². The molecule has 0 bridgehead atoms. The molecule has 0 aromatic carbocycles. The second-order valence-corrected chi connectivity index (χ2v) is 6.71. The van der Waals surface area contributed by atoms with Gasteiger partial charge in [0.1, 0.15) is 17.4 Å². The van der Waals surface area contributed by atoms with Crippen LogP contribution in [0.15, 0.2) is 12.3 Å². The molecule has 0 fully saturated rings. The molecule has 1 heterocycles. The second kappa shape index (κ2) is 8.59. The fourth-order valence-corrected chi connectivity index (χ4v) is 2.25. The number of nitriles is 1. The second-order valence-electron chi connectivity index (χ2n) is 6.71. The molecule has 0 aliphatic rings. The Morgan fingerprint density at radius 3 is 2.70 bits per heavy atom. The van der Waals surface area contributed by atoms with Crippen molar-refractivity contribution in [3.63, 3.8) is 0 Å². The number of alkyl carbamates (subject to hydrolysis) is 1. The molecule has 128 valence electrons. The summed E-state index contributed by atoms with van der Waals surface area (Å²) in [5, 5.41) is 15.2. The van der Waals surface area contributed by atoms with E-state index >= 15 is 0 Å². The van der Waals surface area contributed by atoms with Gasteiger partial charge in [-0.05, 0) is 38.8 Å². The summed E-state index contributed by atoms with van der Waals surface area (Å²) in [6.07, 6.45) is 3.52. The van der Waals surface area contributed by atoms with Crippen molar-refractivity contribution in [2.45, 2.75) is 58.7 Å². The van der Waals surface area contributed by atoms with Crippen LogP contribution in [0.4, 0.5) is 4.79 Å². The van der Waals surface area contributed by atoms with E-state index in [4.69, 9.17) is 10.00 Å². The van der Waals surface area contributed by atoms with E-state index in [-0.39, 0.29) is 6.04 Å². The van der Waals surface area contributed by atoms with E-state index in [1.54, 1.807) is 0 Å². The molecule has 0 aliphatic carbocycles. The van der Waals surface area contributed by atoms with Gasteiger partial charge >= 0.3 is 6.09 Å². The Morgan fingerprint density at radius 2 is 2.17 bits per heavy atom. The lowest BCUT2D eigenvalue weighted by Crippen LogP contribution is -2.42. The molecule has 1 atom stereocenters. The molecule has 6 nitrogen and oxygen atoms in total. The zero-order chi connectivity index (χ0) is 17.5. The molecule has 0 saturated heterocycles. The van der Waals surface area contributed by atoms with Crippen molar-refractivity contribution < 1.29 is 9.53 Å². The monoisotopic (exact) mass is 320 g/mol. The number of aromatic nitrogens is 1. The van der Waals surface area contributed by atoms with E-state index in [0.29, 0.717) is 18.8 Å². The predicted molar refractivity (Wildman–Crippen MR) is 89.9 cm³/mol. The number of carbonyl (C=O) groups is 1. The Morgan fingerprint density at radius 1 is 1.48 bits per heavy atom. The highest BCUT2D eigenvalue weighted by molar-refractivity contribution is 5.67. The maximum atomic E-state index is 11.7. The number of rotatable bonds is 7. The third-order valence-electron chi connectivity index (χ3n) is 3.30. The minimum absolute atomic E-state index is 0.165. The van der Waals surface area contributed by atoms with Crippen LogP contribution in [-0.4, -0.2) is 28.8 Å². The number of ether oxygens (including phenoxy) is 1. The van der Waals surface area contributed by atoms with E-state index < -0.39 is 11.7 Å². The molecule has 0 aliphatic heterocycles. The Balaban J connectivity index is 2.48. The van der Waals surface area contributed by atoms with Gasteiger partial charge < -0.3 is 19.9 Å². The fourth-order valence-electron chi connectivity index (χ4n) is 2.25. The fraction of sp³-hybridized carbons (Fsp3) is 0.647. The first-order valence-electron chi connectivity index (χ1n) is 8.00. The number of nitrogens with zero attached hydrogens (tertiary/aromatic N) is 2. The molecule has 1 aromatic heterocycles. The molecular formula is C17H28N4O2. The molecule has 0 radical (unpaired) electrons. The number of carbonyl (C=O) groups excluding carboxylic acids is 1. The highest BCUT2D eigenvalue weighted by atomic mass is 16.6. The average Bonchev–Trinajstić information content (AvgIpc) is 2.80. The van der Waals surface area contributed by atoms with E-state index in [1.165, 1.54) is 0 Å². The topological polar surface area (TPSA) is 79.1 Å². The van der Waals surface area contributed by atoms with Crippen LogP contribution in [0.5, 0.6) is 0 Å². The number of hydrogen-bond acceptors (Lipinski definition) is 4. The minimum atomic E-state index is -0.491. The third-order valence-corrected chi connectivity index (χ3v) is 3.30. The van der Waals surface area contributed by atoms with Gasteiger partial charge in [0, 0.05) is 32.4 Å². The first-order valence-corrected chi connectivity index (χ1v) is 8.00. The third kappa shape index (κ3) is 7.20. The SMILES string of the molecule is CCCC(CNC(=O)OC(C)(C)C)NCc1cc(C#N)n(C)c1. The normalized spacial score (nSPS) is 12.5. The Kier molecular flexibility index (Phi) is 7.11. The summed E-state index contributed by atoms with van der Waals surface area (Å²) in [6.45, 7) is 8.82. The predicted octanol–water partition coefficient (Wildman–Crippen LogP) is 2.68. The van der Waals surface area contributed by atoms with Crippen LogP contribution in [0, 0.1) is 11.3 Å². The van der Waals surface area contributed by atoms with Gasteiger partial charge in [-0.25, -0.2) is 4.79 Å². The molecule has 0 saturated carbocycles. The van der Waals surface area contributed by atoms with E-state index in [0.717, 1.165) is 18.4 Å². The van der Waals surface area contributed by atoms with E-state index in [9.17, 15) is 4.79 Å². The van der Waals surface area contributed by atoms with Crippen molar-refractivity contribution in [3.05, 3.63) is 23.5 Å². The summed E-state index contributed by atoms with van der Waals surface area (Å²) in [4.78, 5) is 11.7. The zero-order valence-electron chi connectivity index (χ0n) is 14.8. The maximum Gasteiger partial charge on any atom is 0.407 e. The van der Waals surface area contributed by atoms with Gasteiger partial charge in [-0.2, -0.15) is 5.26 Å². The molecular weight excluding hydrogens is 292 g/mol. The first-order chi connectivity index (χ1) is 10.7. The quantitative estimate of drug-likeness (QED) is 0.809. The van der Waals surface area contributed by atoms with Crippen LogP contribution in [0.1, 0.15) is 51.8 Å². The van der Waals surface area contributed by atoms with Gasteiger partial charge in [-0.3, -0.25) is 0 Å². The Labute approximate surface area is 138 Å². The lowest BCUT2D eigenvalue weighted by molar-refractivity contribution is 0.0521. The number of amides is 1. The minimum Gasteiger partial charge on any atom is -0.444 e. The molecule has 1 aromatic rings. The van der Waals surface area contributed by atoms with Gasteiger partial charge in [0.05, 0.1) is 0 Å². The molecule has 1 unspecified atom stereocenters. The van der Waals surface area contributed by atoms with Gasteiger partial charge in [0.2, 0.25) is 0 Å². The largest absolute Gasteiger partial charge is 0.444 e. The van der Waals surface area contributed by atoms with Crippen molar-refractivity contribution in [2.24, 2.45) is 7.05 Å². The highest BCUT2D eigenvalue weighted by Crippen LogP contribution is 2.08. The molecule has 1 amide bonds. The zero-order valence-corrected chi connectivity index (χ0v) is 14.8. The van der Waals surface area contributed by atoms with Crippen LogP contribution in [0.25, 0.3) is 0 Å². The number of aryl methyl sites for hydroxylation is 1. The molecule has 6 heteroatoms. The van der Waals surface area contributed by atoms with E-state index in [1.807, 2.05) is 44.6 Å². The molecule has 23 heavy (non-hydrogen) atoms. The van der Waals surface area contributed by atoms with Crippen molar-refractivity contribution in [2.75, 3.05) is 6.54 Å². The maximum absolute atomic E-state index is 11.7. The summed E-state index contributed by atoms with van der Waals surface area (Å²) in [5.41, 5.74) is 1.21. The number of nitrogens with one attached hydrogen (secondary N) is 2. The van der Waals surface area contributed by atoms with Gasteiger partial charge in [-0.1, -0.05) is 13.3 Å². The van der Waals surface area contributed by atoms with Crippen LogP contribution < -0.4 is 10.6 Å². The first kappa shape index (κ1) is 19.0. The van der Waals surface area contributed by atoms with Crippen molar-refractivity contribution in [1.29, 1.82) is 5.26 Å². The smallest absolute Gasteiger partial charge is 0.407 e. The van der Waals surface area contributed by atoms with Crippen LogP contribution in [0.3, 0.4) is 0 Å². The summed E-state index contributed by atoms with van der Waals surface area (Å²) in [7, 11) is 1.86. The molecule has 1 rings (SSSR count). The van der Waals surface area contributed by atoms with Crippen LogP contribution >= 0.6 is 0 Å². The Hall–Kier alpha value is -2.00. The summed E-state index contributed by atoms with van der Waals surface area (Å²) >= 11 is 0. The van der Waals surface area contributed by atoms with Crippen molar-refractivity contribution in [1.82, 2.24) is 15.2 Å². The average molecular weight is 320 g/mol. The van der Waals surface area contributed by atoms with Crippen LogP contribution in [-0.2, 0) is 18.3 Å². The summed E-state index contributed by atoms with van der Waals surface area (Å²) < 4.78 is 7.06. The van der Waals surface area contributed by atoms with Crippen LogP contribution in [0.2, 0.25) is 0 Å². The summed E-state index contributed by atoms with van der Waals surface area (Å²) in [5.74, 6) is 0.